The van der Waals surface area contributed by atoms with Gasteiger partial charge in [-0.3, -0.25) is 14.8 Å². The average molecular weight is 440 g/mol. The smallest absolute Gasteiger partial charge is 0.272 e. The van der Waals surface area contributed by atoms with Crippen LogP contribution in [-0.4, -0.2) is 43.8 Å². The molecule has 0 saturated carbocycles. The zero-order chi connectivity index (χ0) is 22.6. The molecule has 1 amide bonds. The zero-order valence-corrected chi connectivity index (χ0v) is 17.7. The molecule has 164 valence electrons. The van der Waals surface area contributed by atoms with E-state index in [0.717, 1.165) is 17.7 Å². The van der Waals surface area contributed by atoms with Crippen LogP contribution in [0.4, 0.5) is 15.9 Å². The van der Waals surface area contributed by atoms with Crippen LogP contribution in [0.15, 0.2) is 79.3 Å². The van der Waals surface area contributed by atoms with Crippen LogP contribution < -0.4 is 5.32 Å². The normalized spacial score (nSPS) is 15.4. The van der Waals surface area contributed by atoms with E-state index in [1.807, 2.05) is 18.2 Å². The van der Waals surface area contributed by atoms with Gasteiger partial charge in [0.05, 0.1) is 5.69 Å². The molecule has 1 saturated heterocycles. The van der Waals surface area contributed by atoms with Gasteiger partial charge in [0.2, 0.25) is 0 Å². The Balaban J connectivity index is 1.44. The number of carbonyl (C=O) groups excluding carboxylic acids is 1. The maximum absolute atomic E-state index is 13.7. The Morgan fingerprint density at radius 3 is 2.67 bits per heavy atom. The summed E-state index contributed by atoms with van der Waals surface area (Å²) in [6.45, 7) is 1.12. The summed E-state index contributed by atoms with van der Waals surface area (Å²) in [4.78, 5) is 32.4. The van der Waals surface area contributed by atoms with Crippen molar-refractivity contribution in [1.29, 1.82) is 0 Å². The first-order valence-electron chi connectivity index (χ1n) is 10.7. The first-order chi connectivity index (χ1) is 16.2. The fourth-order valence-corrected chi connectivity index (χ4v) is 3.90. The van der Waals surface area contributed by atoms with Crippen molar-refractivity contribution in [1.82, 2.24) is 24.8 Å². The fourth-order valence-electron chi connectivity index (χ4n) is 3.90. The lowest BCUT2D eigenvalue weighted by Gasteiger charge is -2.16. The third-order valence-electron chi connectivity index (χ3n) is 5.54. The first-order valence-corrected chi connectivity index (χ1v) is 10.7. The molecular weight excluding hydrogens is 419 g/mol. The van der Waals surface area contributed by atoms with Crippen molar-refractivity contribution in [2.24, 2.45) is 0 Å². The summed E-state index contributed by atoms with van der Waals surface area (Å²) in [5.74, 6) is 0.753. The number of carbonyl (C=O) groups is 1. The number of benzene rings is 1. The highest BCUT2D eigenvalue weighted by Crippen LogP contribution is 2.30. The van der Waals surface area contributed by atoms with E-state index in [2.05, 4.69) is 15.3 Å². The quantitative estimate of drug-likeness (QED) is 0.494. The minimum absolute atomic E-state index is 0.0208. The molecule has 0 radical (unpaired) electrons. The molecule has 1 aliphatic heterocycles. The Morgan fingerprint density at radius 2 is 1.88 bits per heavy atom. The van der Waals surface area contributed by atoms with Gasteiger partial charge in [0.25, 0.3) is 5.91 Å². The monoisotopic (exact) mass is 440 g/mol. The Kier molecular flexibility index (Phi) is 5.72. The number of halogens is 1. The zero-order valence-electron chi connectivity index (χ0n) is 17.7. The van der Waals surface area contributed by atoms with Crippen LogP contribution in [0.5, 0.6) is 0 Å². The lowest BCUT2D eigenvalue weighted by molar-refractivity contribution is 0.0784. The van der Waals surface area contributed by atoms with Crippen molar-refractivity contribution in [2.75, 3.05) is 18.4 Å². The van der Waals surface area contributed by atoms with Crippen LogP contribution in [0, 0.1) is 5.82 Å². The second-order valence-electron chi connectivity index (χ2n) is 7.82. The van der Waals surface area contributed by atoms with E-state index in [9.17, 15) is 9.18 Å². The van der Waals surface area contributed by atoms with Gasteiger partial charge in [0.1, 0.15) is 23.2 Å². The summed E-state index contributed by atoms with van der Waals surface area (Å²) in [5, 5.41) is 3.18. The number of likely N-dealkylation sites (tertiary alicyclic amines) is 1. The lowest BCUT2D eigenvalue weighted by Crippen LogP contribution is -2.29. The van der Waals surface area contributed by atoms with Crippen LogP contribution in [0.3, 0.4) is 0 Å². The molecule has 7 nitrogen and oxygen atoms in total. The fraction of sp³-hybridized carbons (Fsp3) is 0.160. The summed E-state index contributed by atoms with van der Waals surface area (Å²) < 4.78 is 13.7. The highest BCUT2D eigenvalue weighted by atomic mass is 19.1. The minimum Gasteiger partial charge on any atom is -0.340 e. The molecule has 1 atom stereocenters. The largest absolute Gasteiger partial charge is 0.340 e. The summed E-state index contributed by atoms with van der Waals surface area (Å²) >= 11 is 0. The molecule has 1 aliphatic rings. The third-order valence-corrected chi connectivity index (χ3v) is 5.54. The predicted octanol–water partition coefficient (Wildman–Crippen LogP) is 4.45. The maximum Gasteiger partial charge on any atom is 0.272 e. The average Bonchev–Trinajstić information content (AvgIpc) is 3.35. The van der Waals surface area contributed by atoms with Crippen molar-refractivity contribution < 1.29 is 9.18 Å². The van der Waals surface area contributed by atoms with Crippen LogP contribution >= 0.6 is 0 Å². The van der Waals surface area contributed by atoms with E-state index in [1.165, 1.54) is 12.1 Å². The van der Waals surface area contributed by atoms with E-state index in [-0.39, 0.29) is 17.6 Å². The molecule has 3 aromatic heterocycles. The number of aromatic nitrogens is 4. The molecule has 0 unspecified atom stereocenters. The molecule has 8 heteroatoms. The molecule has 5 rings (SSSR count). The summed E-state index contributed by atoms with van der Waals surface area (Å²) in [5.41, 5.74) is 2.66. The molecule has 0 spiro atoms. The highest BCUT2D eigenvalue weighted by Gasteiger charge is 2.30. The standard InChI is InChI=1S/C25H21FN6O/c26-19-4-3-5-20(14-19)29-23-15-22(17-7-11-27-12-8-17)30-24(31-23)18-9-13-32(16-18)25(33)21-6-1-2-10-28-21/h1-8,10-12,14-15,18H,9,13,16H2,(H,29,30,31)/t18-/m0/s1. The van der Waals surface area contributed by atoms with E-state index in [0.29, 0.717) is 36.1 Å². The lowest BCUT2D eigenvalue weighted by atomic mass is 10.1. The van der Waals surface area contributed by atoms with Crippen LogP contribution in [-0.2, 0) is 0 Å². The first kappa shape index (κ1) is 20.7. The van der Waals surface area contributed by atoms with Gasteiger partial charge < -0.3 is 10.2 Å². The maximum atomic E-state index is 13.7. The van der Waals surface area contributed by atoms with Crippen molar-refractivity contribution in [3.05, 3.63) is 96.6 Å². The second-order valence-corrected chi connectivity index (χ2v) is 7.82. The van der Waals surface area contributed by atoms with Gasteiger partial charge in [-0.25, -0.2) is 14.4 Å². The topological polar surface area (TPSA) is 83.9 Å². The van der Waals surface area contributed by atoms with Gasteiger partial charge >= 0.3 is 0 Å². The number of pyridine rings is 2. The second kappa shape index (κ2) is 9.12. The van der Waals surface area contributed by atoms with E-state index >= 15 is 0 Å². The summed E-state index contributed by atoms with van der Waals surface area (Å²) in [7, 11) is 0. The van der Waals surface area contributed by atoms with Gasteiger partial charge in [-0.15, -0.1) is 0 Å². The molecule has 33 heavy (non-hydrogen) atoms. The number of nitrogens with one attached hydrogen (secondary N) is 1. The van der Waals surface area contributed by atoms with E-state index < -0.39 is 0 Å². The van der Waals surface area contributed by atoms with Crippen molar-refractivity contribution in [2.45, 2.75) is 12.3 Å². The van der Waals surface area contributed by atoms with Crippen molar-refractivity contribution in [3.8, 4) is 11.3 Å². The summed E-state index contributed by atoms with van der Waals surface area (Å²) in [6, 6.07) is 17.1. The number of amides is 1. The summed E-state index contributed by atoms with van der Waals surface area (Å²) in [6.07, 6.45) is 5.78. The third kappa shape index (κ3) is 4.69. The number of nitrogens with zero attached hydrogens (tertiary/aromatic N) is 5. The molecule has 4 aromatic rings. The minimum atomic E-state index is -0.330. The molecule has 1 N–H and O–H groups in total. The van der Waals surface area contributed by atoms with Gasteiger partial charge in [0, 0.05) is 54.9 Å². The van der Waals surface area contributed by atoms with Crippen molar-refractivity contribution in [3.63, 3.8) is 0 Å². The van der Waals surface area contributed by atoms with E-state index in [4.69, 9.17) is 9.97 Å². The van der Waals surface area contributed by atoms with Crippen LogP contribution in [0.2, 0.25) is 0 Å². The molecule has 0 aliphatic carbocycles. The Bertz CT molecular complexity index is 1270. The number of anilines is 2. The van der Waals surface area contributed by atoms with Crippen LogP contribution in [0.25, 0.3) is 11.3 Å². The molecule has 0 bridgehead atoms. The molecular formula is C25H21FN6O. The Labute approximate surface area is 190 Å². The number of hydrogen-bond donors (Lipinski definition) is 1. The Morgan fingerprint density at radius 1 is 1.00 bits per heavy atom. The molecule has 4 heterocycles. The number of rotatable bonds is 5. The van der Waals surface area contributed by atoms with Gasteiger partial charge in [-0.1, -0.05) is 12.1 Å². The number of hydrogen-bond acceptors (Lipinski definition) is 6. The van der Waals surface area contributed by atoms with Gasteiger partial charge in [0.15, 0.2) is 0 Å². The Hall–Kier alpha value is -4.20. The van der Waals surface area contributed by atoms with Crippen LogP contribution in [0.1, 0.15) is 28.7 Å². The van der Waals surface area contributed by atoms with Gasteiger partial charge in [-0.2, -0.15) is 0 Å². The van der Waals surface area contributed by atoms with Crippen molar-refractivity contribution >= 4 is 17.4 Å². The molecule has 1 aromatic carbocycles. The van der Waals surface area contributed by atoms with Gasteiger partial charge in [-0.05, 0) is 48.9 Å². The highest BCUT2D eigenvalue weighted by molar-refractivity contribution is 5.92. The SMILES string of the molecule is O=C(c1ccccn1)N1CC[C@H](c2nc(Nc3cccc(F)c3)cc(-c3ccncc3)n2)C1. The predicted molar refractivity (Wildman–Crippen MR) is 122 cm³/mol. The van der Waals surface area contributed by atoms with E-state index in [1.54, 1.807) is 53.8 Å². The molecule has 1 fully saturated rings.